The van der Waals surface area contributed by atoms with Crippen LogP contribution in [0.4, 0.5) is 0 Å². The van der Waals surface area contributed by atoms with Crippen LogP contribution in [0, 0.1) is 5.92 Å². The van der Waals surface area contributed by atoms with Gasteiger partial charge in [-0.15, -0.1) is 0 Å². The molecule has 1 fully saturated rings. The van der Waals surface area contributed by atoms with Crippen molar-refractivity contribution in [3.63, 3.8) is 0 Å². The third-order valence-electron chi connectivity index (χ3n) is 3.58. The van der Waals surface area contributed by atoms with Gasteiger partial charge in [-0.2, -0.15) is 0 Å². The second-order valence-electron chi connectivity index (χ2n) is 5.08. The lowest BCUT2D eigenvalue weighted by molar-refractivity contribution is 0.181. The van der Waals surface area contributed by atoms with Gasteiger partial charge in [0.1, 0.15) is 0 Å². The second kappa shape index (κ2) is 4.92. The topological polar surface area (TPSA) is 45.5 Å². The summed E-state index contributed by atoms with van der Waals surface area (Å²) in [6, 6.07) is 1.54. The maximum Gasteiger partial charge on any atom is 0.223 e. The number of piperidine rings is 1. The molecule has 1 aliphatic heterocycles. The van der Waals surface area contributed by atoms with Crippen LogP contribution >= 0.6 is 0 Å². The molecule has 1 aromatic rings. The van der Waals surface area contributed by atoms with Gasteiger partial charge in [0.05, 0.1) is 0 Å². The molecule has 4 nitrogen and oxygen atoms in total. The maximum atomic E-state index is 11.4. The van der Waals surface area contributed by atoms with Gasteiger partial charge in [0.25, 0.3) is 0 Å². The van der Waals surface area contributed by atoms with Gasteiger partial charge in [0.15, 0.2) is 5.75 Å². The largest absolute Gasteiger partial charge is 0.503 e. The van der Waals surface area contributed by atoms with E-state index in [0.29, 0.717) is 0 Å². The molecule has 0 bridgehead atoms. The fourth-order valence-corrected chi connectivity index (χ4v) is 2.26. The molecule has 2 heterocycles. The van der Waals surface area contributed by atoms with E-state index >= 15 is 0 Å². The van der Waals surface area contributed by atoms with E-state index in [9.17, 15) is 9.90 Å². The van der Waals surface area contributed by atoms with Crippen molar-refractivity contribution in [1.29, 1.82) is 0 Å². The lowest BCUT2D eigenvalue weighted by Crippen LogP contribution is -2.33. The molecule has 0 unspecified atom stereocenters. The Hall–Kier alpha value is -1.29. The van der Waals surface area contributed by atoms with Gasteiger partial charge in [-0.3, -0.25) is 9.69 Å². The fraction of sp³-hybridized carbons (Fsp3) is 0.615. The summed E-state index contributed by atoms with van der Waals surface area (Å²) in [6.45, 7) is 5.26. The van der Waals surface area contributed by atoms with Crippen molar-refractivity contribution in [2.75, 3.05) is 13.1 Å². The molecule has 0 aliphatic carbocycles. The molecule has 0 spiro atoms. The van der Waals surface area contributed by atoms with E-state index in [2.05, 4.69) is 11.8 Å². The molecule has 0 radical (unpaired) electrons. The molecule has 1 N–H and O–H groups in total. The SMILES string of the molecule is CC1CCN(Cc2cc(=O)c(O)cn2C)CC1. The van der Waals surface area contributed by atoms with Gasteiger partial charge in [-0.05, 0) is 31.8 Å². The summed E-state index contributed by atoms with van der Waals surface area (Å²) >= 11 is 0. The average Bonchev–Trinajstić information content (AvgIpc) is 2.29. The summed E-state index contributed by atoms with van der Waals surface area (Å²) < 4.78 is 1.83. The van der Waals surface area contributed by atoms with Crippen LogP contribution in [0.1, 0.15) is 25.5 Å². The van der Waals surface area contributed by atoms with Crippen LogP contribution in [0.25, 0.3) is 0 Å². The van der Waals surface area contributed by atoms with E-state index in [1.165, 1.54) is 25.1 Å². The van der Waals surface area contributed by atoms with Crippen LogP contribution in [0.5, 0.6) is 5.75 Å². The molecule has 1 saturated heterocycles. The number of hydrogen-bond acceptors (Lipinski definition) is 3. The van der Waals surface area contributed by atoms with E-state index in [0.717, 1.165) is 31.2 Å². The van der Waals surface area contributed by atoms with Crippen molar-refractivity contribution >= 4 is 0 Å². The van der Waals surface area contributed by atoms with Gasteiger partial charge in [-0.25, -0.2) is 0 Å². The summed E-state index contributed by atoms with van der Waals surface area (Å²) in [5.41, 5.74) is 0.672. The Labute approximate surface area is 101 Å². The number of likely N-dealkylation sites (tertiary alicyclic amines) is 1. The Morgan fingerprint density at radius 1 is 1.41 bits per heavy atom. The zero-order valence-electron chi connectivity index (χ0n) is 10.5. The Balaban J connectivity index is 2.08. The molecule has 1 aromatic heterocycles. The predicted octanol–water partition coefficient (Wildman–Crippen LogP) is 1.32. The average molecular weight is 236 g/mol. The van der Waals surface area contributed by atoms with E-state index in [1.807, 2.05) is 11.6 Å². The van der Waals surface area contributed by atoms with Crippen molar-refractivity contribution in [2.45, 2.75) is 26.3 Å². The first-order valence-electron chi connectivity index (χ1n) is 6.17. The van der Waals surface area contributed by atoms with Crippen molar-refractivity contribution in [3.05, 3.63) is 28.2 Å². The van der Waals surface area contributed by atoms with Crippen LogP contribution in [0.2, 0.25) is 0 Å². The van der Waals surface area contributed by atoms with Gasteiger partial charge < -0.3 is 9.67 Å². The zero-order chi connectivity index (χ0) is 12.4. The Kier molecular flexibility index (Phi) is 3.52. The number of aryl methyl sites for hydroxylation is 1. The third-order valence-corrected chi connectivity index (χ3v) is 3.58. The highest BCUT2D eigenvalue weighted by molar-refractivity contribution is 5.20. The number of nitrogens with zero attached hydrogens (tertiary/aromatic N) is 2. The lowest BCUT2D eigenvalue weighted by atomic mass is 9.99. The highest BCUT2D eigenvalue weighted by Crippen LogP contribution is 2.17. The molecular formula is C13H20N2O2. The molecule has 0 atom stereocenters. The van der Waals surface area contributed by atoms with Crippen LogP contribution in [0.3, 0.4) is 0 Å². The molecular weight excluding hydrogens is 216 g/mol. The Bertz CT molecular complexity index is 445. The third kappa shape index (κ3) is 2.88. The minimum atomic E-state index is -0.288. The summed E-state index contributed by atoms with van der Waals surface area (Å²) in [5.74, 6) is 0.637. The first kappa shape index (κ1) is 12.2. The molecule has 0 saturated carbocycles. The molecule has 2 rings (SSSR count). The van der Waals surface area contributed by atoms with E-state index in [4.69, 9.17) is 0 Å². The lowest BCUT2D eigenvalue weighted by Gasteiger charge is -2.30. The molecule has 4 heteroatoms. The maximum absolute atomic E-state index is 11.4. The molecule has 0 aromatic carbocycles. The van der Waals surface area contributed by atoms with Gasteiger partial charge in [0.2, 0.25) is 5.43 Å². The normalized spacial score (nSPS) is 18.5. The van der Waals surface area contributed by atoms with Gasteiger partial charge in [0, 0.05) is 31.5 Å². The quantitative estimate of drug-likeness (QED) is 0.842. The van der Waals surface area contributed by atoms with Crippen LogP contribution in [-0.4, -0.2) is 27.7 Å². The monoisotopic (exact) mass is 236 g/mol. The van der Waals surface area contributed by atoms with Crippen LogP contribution in [-0.2, 0) is 13.6 Å². The minimum Gasteiger partial charge on any atom is -0.503 e. The summed E-state index contributed by atoms with van der Waals surface area (Å²) in [5, 5.41) is 9.32. The zero-order valence-corrected chi connectivity index (χ0v) is 10.5. The highest BCUT2D eigenvalue weighted by Gasteiger charge is 2.16. The number of aromatic nitrogens is 1. The number of pyridine rings is 1. The highest BCUT2D eigenvalue weighted by atomic mass is 16.3. The summed E-state index contributed by atoms with van der Waals surface area (Å²) in [7, 11) is 1.86. The van der Waals surface area contributed by atoms with E-state index < -0.39 is 0 Å². The number of aromatic hydroxyl groups is 1. The Morgan fingerprint density at radius 3 is 2.71 bits per heavy atom. The smallest absolute Gasteiger partial charge is 0.223 e. The standard InChI is InChI=1S/C13H20N2O2/c1-10-3-5-15(6-4-10)8-11-7-12(16)13(17)9-14(11)2/h7,9-10,17H,3-6,8H2,1-2H3. The van der Waals surface area contributed by atoms with Crippen molar-refractivity contribution in [1.82, 2.24) is 9.47 Å². The van der Waals surface area contributed by atoms with Crippen LogP contribution < -0.4 is 5.43 Å². The summed E-state index contributed by atoms with van der Waals surface area (Å²) in [6.07, 6.45) is 3.95. The van der Waals surface area contributed by atoms with Crippen LogP contribution in [0.15, 0.2) is 17.1 Å². The second-order valence-corrected chi connectivity index (χ2v) is 5.08. The fourth-order valence-electron chi connectivity index (χ4n) is 2.26. The molecule has 17 heavy (non-hydrogen) atoms. The molecule has 0 amide bonds. The first-order chi connectivity index (χ1) is 8.06. The molecule has 1 aliphatic rings. The van der Waals surface area contributed by atoms with E-state index in [1.54, 1.807) is 0 Å². The first-order valence-corrected chi connectivity index (χ1v) is 6.17. The number of rotatable bonds is 2. The Morgan fingerprint density at radius 2 is 2.06 bits per heavy atom. The predicted molar refractivity (Wildman–Crippen MR) is 67.0 cm³/mol. The van der Waals surface area contributed by atoms with E-state index in [-0.39, 0.29) is 11.2 Å². The minimum absolute atomic E-state index is 0.177. The van der Waals surface area contributed by atoms with Gasteiger partial charge >= 0.3 is 0 Å². The van der Waals surface area contributed by atoms with Gasteiger partial charge in [-0.1, -0.05) is 6.92 Å². The summed E-state index contributed by atoms with van der Waals surface area (Å²) in [4.78, 5) is 13.8. The van der Waals surface area contributed by atoms with Crippen molar-refractivity contribution in [3.8, 4) is 5.75 Å². The van der Waals surface area contributed by atoms with Crippen molar-refractivity contribution < 1.29 is 5.11 Å². The van der Waals surface area contributed by atoms with Crippen molar-refractivity contribution in [2.24, 2.45) is 13.0 Å². The molecule has 94 valence electrons. The number of hydrogen-bond donors (Lipinski definition) is 1.